The predicted molar refractivity (Wildman–Crippen MR) is 103 cm³/mol. The summed E-state index contributed by atoms with van der Waals surface area (Å²) in [6.45, 7) is 2.60. The Morgan fingerprint density at radius 3 is 2.64 bits per heavy atom. The number of imidazole rings is 1. The highest BCUT2D eigenvalue weighted by molar-refractivity contribution is 5.91. The van der Waals surface area contributed by atoms with E-state index in [0.29, 0.717) is 31.9 Å². The quantitative estimate of drug-likeness (QED) is 0.548. The van der Waals surface area contributed by atoms with Gasteiger partial charge in [-0.05, 0) is 24.3 Å². The number of amides is 1. The molecular formula is C20H18N6O2. The van der Waals surface area contributed by atoms with Crippen molar-refractivity contribution in [2.75, 3.05) is 31.1 Å². The molecule has 1 aliphatic heterocycles. The van der Waals surface area contributed by atoms with Crippen molar-refractivity contribution in [1.29, 1.82) is 0 Å². The molecule has 0 radical (unpaired) electrons. The van der Waals surface area contributed by atoms with Crippen molar-refractivity contribution in [3.63, 3.8) is 0 Å². The summed E-state index contributed by atoms with van der Waals surface area (Å²) < 4.78 is 7.25. The molecule has 0 bridgehead atoms. The van der Waals surface area contributed by atoms with Gasteiger partial charge in [-0.15, -0.1) is 0 Å². The van der Waals surface area contributed by atoms with E-state index < -0.39 is 0 Å². The minimum atomic E-state index is -0.0736. The molecule has 0 spiro atoms. The Morgan fingerprint density at radius 2 is 1.89 bits per heavy atom. The van der Waals surface area contributed by atoms with Crippen LogP contribution in [0.2, 0.25) is 0 Å². The molecule has 0 aromatic carbocycles. The lowest BCUT2D eigenvalue weighted by Gasteiger charge is -2.35. The molecule has 4 aromatic rings. The van der Waals surface area contributed by atoms with Crippen molar-refractivity contribution in [1.82, 2.24) is 24.3 Å². The highest BCUT2D eigenvalue weighted by atomic mass is 16.3. The number of nitrogens with zero attached hydrogens (tertiary/aromatic N) is 6. The molecule has 8 heteroatoms. The number of piperazine rings is 1. The zero-order valence-electron chi connectivity index (χ0n) is 15.1. The third-order valence-corrected chi connectivity index (χ3v) is 4.97. The van der Waals surface area contributed by atoms with Gasteiger partial charge in [0.25, 0.3) is 5.91 Å². The number of furan rings is 1. The van der Waals surface area contributed by atoms with Gasteiger partial charge in [-0.3, -0.25) is 14.2 Å². The van der Waals surface area contributed by atoms with Crippen LogP contribution in [0.1, 0.15) is 10.6 Å². The summed E-state index contributed by atoms with van der Waals surface area (Å²) in [4.78, 5) is 29.8. The van der Waals surface area contributed by atoms with Gasteiger partial charge in [-0.2, -0.15) is 0 Å². The Balaban J connectivity index is 1.39. The molecular weight excluding hydrogens is 356 g/mol. The monoisotopic (exact) mass is 374 g/mol. The summed E-state index contributed by atoms with van der Waals surface area (Å²) in [6.07, 6.45) is 10.6. The fraction of sp³-hybridized carbons (Fsp3) is 0.200. The van der Waals surface area contributed by atoms with Crippen molar-refractivity contribution in [2.45, 2.75) is 0 Å². The second-order valence-corrected chi connectivity index (χ2v) is 6.59. The number of carbonyl (C=O) groups excluding carboxylic acids is 1. The van der Waals surface area contributed by atoms with Gasteiger partial charge in [0, 0.05) is 56.5 Å². The Kier molecular flexibility index (Phi) is 4.01. The SMILES string of the molecule is O=C(c1ccco1)N1CCN(c2ncc(-c3cccnc3)n3ccnc23)CC1. The first-order valence-corrected chi connectivity index (χ1v) is 9.11. The third-order valence-electron chi connectivity index (χ3n) is 4.97. The normalized spacial score (nSPS) is 14.6. The first-order valence-electron chi connectivity index (χ1n) is 9.11. The number of anilines is 1. The Labute approximate surface area is 161 Å². The van der Waals surface area contributed by atoms with E-state index in [2.05, 4.69) is 14.9 Å². The highest BCUT2D eigenvalue weighted by Crippen LogP contribution is 2.25. The van der Waals surface area contributed by atoms with E-state index in [0.717, 1.165) is 22.7 Å². The van der Waals surface area contributed by atoms with E-state index >= 15 is 0 Å². The van der Waals surface area contributed by atoms with Crippen LogP contribution >= 0.6 is 0 Å². The maximum Gasteiger partial charge on any atom is 0.289 e. The maximum absolute atomic E-state index is 12.5. The van der Waals surface area contributed by atoms with Crippen LogP contribution < -0.4 is 4.90 Å². The molecule has 28 heavy (non-hydrogen) atoms. The van der Waals surface area contributed by atoms with Gasteiger partial charge < -0.3 is 14.2 Å². The Morgan fingerprint density at radius 1 is 1.00 bits per heavy atom. The van der Waals surface area contributed by atoms with Crippen LogP contribution in [-0.2, 0) is 0 Å². The molecule has 1 amide bonds. The summed E-state index contributed by atoms with van der Waals surface area (Å²) in [7, 11) is 0. The van der Waals surface area contributed by atoms with Crippen molar-refractivity contribution in [2.24, 2.45) is 0 Å². The molecule has 0 unspecified atom stereocenters. The number of carbonyl (C=O) groups is 1. The number of hydrogen-bond donors (Lipinski definition) is 0. The van der Waals surface area contributed by atoms with Crippen molar-refractivity contribution >= 4 is 17.4 Å². The van der Waals surface area contributed by atoms with Crippen LogP contribution in [0.3, 0.4) is 0 Å². The molecule has 0 atom stereocenters. The maximum atomic E-state index is 12.5. The average molecular weight is 374 g/mol. The lowest BCUT2D eigenvalue weighted by Crippen LogP contribution is -2.49. The molecule has 1 fully saturated rings. The second kappa shape index (κ2) is 6.80. The predicted octanol–water partition coefficient (Wildman–Crippen LogP) is 2.35. The van der Waals surface area contributed by atoms with E-state index in [-0.39, 0.29) is 5.91 Å². The summed E-state index contributed by atoms with van der Waals surface area (Å²) in [6, 6.07) is 7.33. The van der Waals surface area contributed by atoms with Gasteiger partial charge >= 0.3 is 0 Å². The zero-order valence-corrected chi connectivity index (χ0v) is 15.1. The van der Waals surface area contributed by atoms with Crippen molar-refractivity contribution < 1.29 is 9.21 Å². The van der Waals surface area contributed by atoms with Crippen LogP contribution in [0.15, 0.2) is 65.9 Å². The van der Waals surface area contributed by atoms with E-state index in [1.165, 1.54) is 6.26 Å². The van der Waals surface area contributed by atoms with Gasteiger partial charge in [0.2, 0.25) is 0 Å². The van der Waals surface area contributed by atoms with Crippen molar-refractivity contribution in [3.05, 3.63) is 67.3 Å². The minimum absolute atomic E-state index is 0.0736. The molecule has 5 heterocycles. The first-order chi connectivity index (χ1) is 13.8. The zero-order chi connectivity index (χ0) is 18.9. The lowest BCUT2D eigenvalue weighted by molar-refractivity contribution is 0.0714. The van der Waals surface area contributed by atoms with E-state index in [1.54, 1.807) is 24.5 Å². The number of aromatic nitrogens is 4. The van der Waals surface area contributed by atoms with Crippen LogP contribution in [-0.4, -0.2) is 56.3 Å². The fourth-order valence-corrected chi connectivity index (χ4v) is 3.53. The first kappa shape index (κ1) is 16.5. The molecule has 8 nitrogen and oxygen atoms in total. The third kappa shape index (κ3) is 2.79. The Hall–Kier alpha value is -3.68. The minimum Gasteiger partial charge on any atom is -0.459 e. The molecule has 140 valence electrons. The number of hydrogen-bond acceptors (Lipinski definition) is 6. The number of rotatable bonds is 3. The van der Waals surface area contributed by atoms with Gasteiger partial charge in [0.05, 0.1) is 18.2 Å². The van der Waals surface area contributed by atoms with Crippen LogP contribution in [0.25, 0.3) is 16.9 Å². The molecule has 0 aliphatic carbocycles. The van der Waals surface area contributed by atoms with Gasteiger partial charge in [0.15, 0.2) is 17.2 Å². The van der Waals surface area contributed by atoms with Gasteiger partial charge in [0.1, 0.15) is 0 Å². The molecule has 0 N–H and O–H groups in total. The summed E-state index contributed by atoms with van der Waals surface area (Å²) in [5, 5.41) is 0. The van der Waals surface area contributed by atoms with Crippen LogP contribution in [0.5, 0.6) is 0 Å². The van der Waals surface area contributed by atoms with E-state index in [1.807, 2.05) is 40.0 Å². The fourth-order valence-electron chi connectivity index (χ4n) is 3.53. The standard InChI is InChI=1S/C20H18N6O2/c27-20(17-4-2-12-28-17)25-10-8-24(9-11-25)18-19-22-6-7-26(19)16(14-23-18)15-3-1-5-21-13-15/h1-7,12-14H,8-11H2. The number of pyridine rings is 1. The summed E-state index contributed by atoms with van der Waals surface area (Å²) in [5.41, 5.74) is 2.72. The average Bonchev–Trinajstić information content (AvgIpc) is 3.46. The molecule has 0 saturated carbocycles. The van der Waals surface area contributed by atoms with Crippen LogP contribution in [0.4, 0.5) is 5.82 Å². The largest absolute Gasteiger partial charge is 0.459 e. The summed E-state index contributed by atoms with van der Waals surface area (Å²) >= 11 is 0. The topological polar surface area (TPSA) is 79.8 Å². The smallest absolute Gasteiger partial charge is 0.289 e. The van der Waals surface area contributed by atoms with Gasteiger partial charge in [-0.1, -0.05) is 0 Å². The molecule has 1 saturated heterocycles. The van der Waals surface area contributed by atoms with Crippen LogP contribution in [0, 0.1) is 0 Å². The molecule has 4 aromatic heterocycles. The van der Waals surface area contributed by atoms with E-state index in [9.17, 15) is 4.79 Å². The second-order valence-electron chi connectivity index (χ2n) is 6.59. The van der Waals surface area contributed by atoms with Crippen molar-refractivity contribution in [3.8, 4) is 11.3 Å². The lowest BCUT2D eigenvalue weighted by atomic mass is 10.2. The highest BCUT2D eigenvalue weighted by Gasteiger charge is 2.26. The van der Waals surface area contributed by atoms with E-state index in [4.69, 9.17) is 9.40 Å². The van der Waals surface area contributed by atoms with Gasteiger partial charge in [-0.25, -0.2) is 9.97 Å². The molecule has 1 aliphatic rings. The summed E-state index contributed by atoms with van der Waals surface area (Å²) in [5.74, 6) is 1.13. The number of fused-ring (bicyclic) bond motifs is 1. The Bertz CT molecular complexity index is 1100. The molecule has 5 rings (SSSR count).